The van der Waals surface area contributed by atoms with Crippen molar-refractivity contribution < 1.29 is 28.5 Å². The van der Waals surface area contributed by atoms with Gasteiger partial charge in [0.2, 0.25) is 0 Å². The molecule has 0 unspecified atom stereocenters. The van der Waals surface area contributed by atoms with Gasteiger partial charge in [0.05, 0.1) is 36.5 Å². The van der Waals surface area contributed by atoms with E-state index in [4.69, 9.17) is 18.9 Å². The molecule has 40 heavy (non-hydrogen) atoms. The topological polar surface area (TPSA) is 71.1 Å². The first-order chi connectivity index (χ1) is 18.8. The molecule has 0 saturated carbocycles. The molecule has 3 aromatic rings. The molecule has 3 rings (SSSR count). The Morgan fingerprint density at radius 1 is 0.550 bits per heavy atom. The summed E-state index contributed by atoms with van der Waals surface area (Å²) in [5.41, 5.74) is 2.51. The molecule has 0 aliphatic carbocycles. The van der Waals surface area contributed by atoms with E-state index >= 15 is 0 Å². The maximum absolute atomic E-state index is 12.2. The van der Waals surface area contributed by atoms with Gasteiger partial charge in [0.15, 0.2) is 0 Å². The lowest BCUT2D eigenvalue weighted by molar-refractivity contribution is 0.00570. The second-order valence-corrected chi connectivity index (χ2v) is 10.9. The number of hydrogen-bond acceptors (Lipinski definition) is 6. The fraction of sp³-hybridized carbons (Fsp3) is 0.294. The average Bonchev–Trinajstić information content (AvgIpc) is 2.89. The number of carbonyl (C=O) groups is 2. The van der Waals surface area contributed by atoms with Gasteiger partial charge >= 0.3 is 11.9 Å². The first-order valence-corrected chi connectivity index (χ1v) is 12.7. The van der Waals surface area contributed by atoms with Gasteiger partial charge in [-0.05, 0) is 90.1 Å². The van der Waals surface area contributed by atoms with Crippen molar-refractivity contribution in [2.75, 3.05) is 14.2 Å². The summed E-state index contributed by atoms with van der Waals surface area (Å²) in [4.78, 5) is 24.5. The van der Waals surface area contributed by atoms with E-state index in [1.165, 1.54) is 0 Å². The first kappa shape index (κ1) is 29.9. The van der Waals surface area contributed by atoms with Gasteiger partial charge in [-0.2, -0.15) is 0 Å². The number of esters is 2. The molecule has 0 saturated heterocycles. The van der Waals surface area contributed by atoms with Crippen molar-refractivity contribution in [2.24, 2.45) is 0 Å². The highest BCUT2D eigenvalue weighted by molar-refractivity contribution is 5.90. The van der Waals surface area contributed by atoms with E-state index in [1.54, 1.807) is 74.9 Å². The summed E-state index contributed by atoms with van der Waals surface area (Å²) in [7, 11) is 3.13. The maximum Gasteiger partial charge on any atom is 0.338 e. The van der Waals surface area contributed by atoms with Gasteiger partial charge in [-0.3, -0.25) is 0 Å². The van der Waals surface area contributed by atoms with Crippen LogP contribution in [-0.2, 0) is 9.47 Å². The Morgan fingerprint density at radius 2 is 0.875 bits per heavy atom. The molecule has 0 aliphatic heterocycles. The highest BCUT2D eigenvalue weighted by Crippen LogP contribution is 2.28. The Labute approximate surface area is 236 Å². The summed E-state index contributed by atoms with van der Waals surface area (Å²) >= 11 is 0. The molecule has 206 valence electrons. The molecule has 0 N–H and O–H groups in total. The molecular formula is C34H34O6. The predicted molar refractivity (Wildman–Crippen MR) is 155 cm³/mol. The van der Waals surface area contributed by atoms with Crippen LogP contribution < -0.4 is 9.47 Å². The van der Waals surface area contributed by atoms with Crippen molar-refractivity contribution in [2.45, 2.75) is 52.7 Å². The Morgan fingerprint density at radius 3 is 1.15 bits per heavy atom. The van der Waals surface area contributed by atoms with Crippen LogP contribution in [0, 0.1) is 23.7 Å². The third kappa shape index (κ3) is 8.68. The second kappa shape index (κ2) is 12.5. The number of carbonyl (C=O) groups excluding carboxylic acids is 2. The van der Waals surface area contributed by atoms with E-state index in [1.807, 2.05) is 41.5 Å². The van der Waals surface area contributed by atoms with Crippen LogP contribution in [0.4, 0.5) is 0 Å². The number of hydrogen-bond donors (Lipinski definition) is 0. The van der Waals surface area contributed by atoms with Gasteiger partial charge in [0.25, 0.3) is 0 Å². The van der Waals surface area contributed by atoms with Gasteiger partial charge in [-0.25, -0.2) is 9.59 Å². The van der Waals surface area contributed by atoms with Crippen LogP contribution in [0.2, 0.25) is 0 Å². The number of benzene rings is 3. The Kier molecular flexibility index (Phi) is 9.30. The highest BCUT2D eigenvalue weighted by Gasteiger charge is 2.18. The minimum Gasteiger partial charge on any atom is -0.495 e. The first-order valence-electron chi connectivity index (χ1n) is 12.7. The Hall–Kier alpha value is -4.68. The maximum atomic E-state index is 12.2. The molecule has 6 nitrogen and oxygen atoms in total. The molecule has 6 heteroatoms. The monoisotopic (exact) mass is 538 g/mol. The van der Waals surface area contributed by atoms with Crippen LogP contribution in [0.3, 0.4) is 0 Å². The molecule has 0 heterocycles. The quantitative estimate of drug-likeness (QED) is 0.282. The zero-order valence-corrected chi connectivity index (χ0v) is 24.2. The van der Waals surface area contributed by atoms with Gasteiger partial charge in [0, 0.05) is 23.3 Å². The van der Waals surface area contributed by atoms with Crippen molar-refractivity contribution in [3.8, 4) is 35.2 Å². The van der Waals surface area contributed by atoms with Crippen LogP contribution in [0.25, 0.3) is 0 Å². The normalized spacial score (nSPS) is 10.8. The molecule has 0 fully saturated rings. The van der Waals surface area contributed by atoms with Crippen molar-refractivity contribution in [3.63, 3.8) is 0 Å². The van der Waals surface area contributed by atoms with E-state index in [0.717, 1.165) is 11.1 Å². The van der Waals surface area contributed by atoms with E-state index in [9.17, 15) is 9.59 Å². The highest BCUT2D eigenvalue weighted by atomic mass is 16.6. The lowest BCUT2D eigenvalue weighted by Gasteiger charge is -2.19. The second-order valence-electron chi connectivity index (χ2n) is 10.9. The van der Waals surface area contributed by atoms with E-state index < -0.39 is 11.2 Å². The smallest absolute Gasteiger partial charge is 0.338 e. The van der Waals surface area contributed by atoms with Gasteiger partial charge in [-0.15, -0.1) is 0 Å². The van der Waals surface area contributed by atoms with Crippen LogP contribution in [0.15, 0.2) is 60.7 Å². The van der Waals surface area contributed by atoms with Crippen molar-refractivity contribution in [3.05, 3.63) is 94.0 Å². The molecule has 0 atom stereocenters. The predicted octanol–water partition coefficient (Wildman–Crippen LogP) is 6.41. The molecule has 0 radical (unpaired) electrons. The lowest BCUT2D eigenvalue weighted by atomic mass is 10.1. The van der Waals surface area contributed by atoms with Crippen molar-refractivity contribution >= 4 is 11.9 Å². The molecule has 0 bridgehead atoms. The largest absolute Gasteiger partial charge is 0.495 e. The summed E-state index contributed by atoms with van der Waals surface area (Å²) < 4.78 is 21.9. The standard InChI is InChI=1S/C34H34O6/c1-33(2,3)39-31(35)25-15-9-23(10-16-25)13-19-27-21-30(38-8)28(22-29(27)37-7)20-14-24-11-17-26(18-12-24)32(36)40-34(4,5)6/h9-12,15-18,21-22H,1-8H3. The molecule has 0 aliphatic rings. The van der Waals surface area contributed by atoms with E-state index in [2.05, 4.69) is 23.7 Å². The van der Waals surface area contributed by atoms with Crippen LogP contribution in [0.1, 0.15) is 84.5 Å². The molecular weight excluding hydrogens is 504 g/mol. The SMILES string of the molecule is COc1cc(C#Cc2ccc(C(=O)OC(C)(C)C)cc2)c(OC)cc1C#Cc1ccc(C(=O)OC(C)(C)C)cc1. The molecule has 0 spiro atoms. The summed E-state index contributed by atoms with van der Waals surface area (Å²) in [6.45, 7) is 11.0. The van der Waals surface area contributed by atoms with Crippen molar-refractivity contribution in [1.82, 2.24) is 0 Å². The minimum absolute atomic E-state index is 0.380. The van der Waals surface area contributed by atoms with E-state index in [0.29, 0.717) is 33.8 Å². The van der Waals surface area contributed by atoms with Gasteiger partial charge in [0.1, 0.15) is 22.7 Å². The van der Waals surface area contributed by atoms with E-state index in [-0.39, 0.29) is 11.9 Å². The summed E-state index contributed by atoms with van der Waals surface area (Å²) in [6, 6.07) is 17.4. The fourth-order valence-corrected chi connectivity index (χ4v) is 3.43. The fourth-order valence-electron chi connectivity index (χ4n) is 3.43. The minimum atomic E-state index is -0.561. The zero-order valence-electron chi connectivity index (χ0n) is 24.2. The third-order valence-electron chi connectivity index (χ3n) is 5.24. The number of rotatable bonds is 4. The summed E-state index contributed by atoms with van der Waals surface area (Å²) in [6.07, 6.45) is 0. The molecule has 3 aromatic carbocycles. The lowest BCUT2D eigenvalue weighted by Crippen LogP contribution is -2.23. The Balaban J connectivity index is 1.81. The zero-order chi connectivity index (χ0) is 29.5. The number of methoxy groups -OCH3 is 2. The summed E-state index contributed by atoms with van der Waals surface area (Å²) in [5.74, 6) is 12.7. The van der Waals surface area contributed by atoms with Crippen LogP contribution >= 0.6 is 0 Å². The molecule has 0 aromatic heterocycles. The molecule has 0 amide bonds. The van der Waals surface area contributed by atoms with Gasteiger partial charge < -0.3 is 18.9 Å². The van der Waals surface area contributed by atoms with Crippen LogP contribution in [0.5, 0.6) is 11.5 Å². The average molecular weight is 539 g/mol. The van der Waals surface area contributed by atoms with Crippen molar-refractivity contribution in [1.29, 1.82) is 0 Å². The van der Waals surface area contributed by atoms with Gasteiger partial charge in [-0.1, -0.05) is 23.7 Å². The van der Waals surface area contributed by atoms with Crippen LogP contribution in [-0.4, -0.2) is 37.4 Å². The Bertz CT molecular complexity index is 1380. The third-order valence-corrected chi connectivity index (χ3v) is 5.24. The summed E-state index contributed by atoms with van der Waals surface area (Å²) in [5, 5.41) is 0. The number of ether oxygens (including phenoxy) is 4.